The van der Waals surface area contributed by atoms with Crippen molar-refractivity contribution in [2.75, 3.05) is 0 Å². The molecule has 0 aliphatic rings. The lowest BCUT2D eigenvalue weighted by Crippen LogP contribution is -2.07. The summed E-state index contributed by atoms with van der Waals surface area (Å²) >= 11 is 0. The first-order valence-electron chi connectivity index (χ1n) is 5.30. The largest absolute Gasteiger partial charge is 0.297 e. The minimum absolute atomic E-state index is 0.232. The molecular weight excluding hydrogens is 278 g/mol. The maximum atomic E-state index is 11.4. The van der Waals surface area contributed by atoms with Crippen molar-refractivity contribution in [1.29, 1.82) is 0 Å². The van der Waals surface area contributed by atoms with Gasteiger partial charge in [-0.15, -0.1) is 10.2 Å². The highest BCUT2D eigenvalue weighted by molar-refractivity contribution is 8.13. The molecule has 0 spiro atoms. The quantitative estimate of drug-likeness (QED) is 0.785. The van der Waals surface area contributed by atoms with Gasteiger partial charge in [0.2, 0.25) is 0 Å². The van der Waals surface area contributed by atoms with E-state index < -0.39 is 9.05 Å². The molecule has 0 atom stereocenters. The highest BCUT2D eigenvalue weighted by Gasteiger charge is 2.23. The van der Waals surface area contributed by atoms with Crippen molar-refractivity contribution in [3.8, 4) is 11.4 Å². The normalized spacial score (nSPS) is 11.9. The summed E-state index contributed by atoms with van der Waals surface area (Å²) in [4.78, 5) is 0. The zero-order valence-corrected chi connectivity index (χ0v) is 11.5. The molecule has 0 aliphatic carbocycles. The van der Waals surface area contributed by atoms with E-state index in [0.29, 0.717) is 17.9 Å². The molecule has 0 aliphatic heterocycles. The van der Waals surface area contributed by atoms with E-state index in [-0.39, 0.29) is 5.16 Å². The van der Waals surface area contributed by atoms with Crippen molar-refractivity contribution in [1.82, 2.24) is 24.5 Å². The van der Waals surface area contributed by atoms with E-state index in [0.717, 1.165) is 6.42 Å². The maximum absolute atomic E-state index is 11.4. The van der Waals surface area contributed by atoms with E-state index in [1.54, 1.807) is 24.1 Å². The van der Waals surface area contributed by atoms with Crippen LogP contribution in [0.2, 0.25) is 0 Å². The smallest absolute Gasteiger partial charge is 0.296 e. The Bertz CT molecular complexity index is 660. The summed E-state index contributed by atoms with van der Waals surface area (Å²) in [6.07, 6.45) is 4.08. The van der Waals surface area contributed by atoms with Gasteiger partial charge in [-0.3, -0.25) is 9.25 Å². The van der Waals surface area contributed by atoms with Crippen LogP contribution in [-0.4, -0.2) is 33.0 Å². The zero-order chi connectivity index (χ0) is 13.3. The van der Waals surface area contributed by atoms with E-state index in [1.165, 1.54) is 4.57 Å². The van der Waals surface area contributed by atoms with Crippen molar-refractivity contribution in [2.24, 2.45) is 7.05 Å². The second-order valence-electron chi connectivity index (χ2n) is 3.80. The SMILES string of the molecule is CCCn1c(-c2cnn(C)c2)nnc1S(=O)(=O)Cl. The molecule has 0 radical (unpaired) electrons. The van der Waals surface area contributed by atoms with Crippen molar-refractivity contribution >= 4 is 19.7 Å². The second-order valence-corrected chi connectivity index (χ2v) is 6.26. The molecule has 18 heavy (non-hydrogen) atoms. The van der Waals surface area contributed by atoms with Crippen LogP contribution in [0.4, 0.5) is 0 Å². The predicted octanol–water partition coefficient (Wildman–Crippen LogP) is 1.02. The summed E-state index contributed by atoms with van der Waals surface area (Å²) in [6.45, 7) is 2.40. The Morgan fingerprint density at radius 3 is 2.61 bits per heavy atom. The summed E-state index contributed by atoms with van der Waals surface area (Å²) in [5, 5.41) is 11.3. The molecule has 0 aromatic carbocycles. The topological polar surface area (TPSA) is 82.7 Å². The van der Waals surface area contributed by atoms with Gasteiger partial charge in [0, 0.05) is 30.5 Å². The van der Waals surface area contributed by atoms with E-state index in [9.17, 15) is 8.42 Å². The minimum Gasteiger partial charge on any atom is -0.297 e. The Hall–Kier alpha value is -1.41. The molecule has 2 rings (SSSR count). The molecule has 7 nitrogen and oxygen atoms in total. The number of rotatable bonds is 4. The summed E-state index contributed by atoms with van der Waals surface area (Å²) in [5.41, 5.74) is 0.699. The van der Waals surface area contributed by atoms with Gasteiger partial charge in [0.15, 0.2) is 5.82 Å². The summed E-state index contributed by atoms with van der Waals surface area (Å²) < 4.78 is 25.9. The number of nitrogens with zero attached hydrogens (tertiary/aromatic N) is 5. The van der Waals surface area contributed by atoms with Crippen molar-refractivity contribution in [3.63, 3.8) is 0 Å². The number of aryl methyl sites for hydroxylation is 1. The van der Waals surface area contributed by atoms with Crippen molar-refractivity contribution < 1.29 is 8.42 Å². The van der Waals surface area contributed by atoms with Gasteiger partial charge in [-0.1, -0.05) is 6.92 Å². The van der Waals surface area contributed by atoms with Gasteiger partial charge in [0.05, 0.1) is 11.8 Å². The van der Waals surface area contributed by atoms with E-state index in [1.807, 2.05) is 6.92 Å². The first-order chi connectivity index (χ1) is 8.43. The van der Waals surface area contributed by atoms with Gasteiger partial charge >= 0.3 is 0 Å². The Morgan fingerprint density at radius 2 is 2.11 bits per heavy atom. The number of hydrogen-bond donors (Lipinski definition) is 0. The van der Waals surface area contributed by atoms with Crippen molar-refractivity contribution in [2.45, 2.75) is 25.0 Å². The van der Waals surface area contributed by atoms with Gasteiger partial charge in [-0.2, -0.15) is 5.10 Å². The molecule has 0 unspecified atom stereocenters. The molecule has 0 bridgehead atoms. The van der Waals surface area contributed by atoms with Gasteiger partial charge in [0.1, 0.15) is 0 Å². The van der Waals surface area contributed by atoms with Crippen molar-refractivity contribution in [3.05, 3.63) is 12.4 Å². The van der Waals surface area contributed by atoms with Crippen LogP contribution in [0.5, 0.6) is 0 Å². The fraction of sp³-hybridized carbons (Fsp3) is 0.444. The summed E-state index contributed by atoms with van der Waals surface area (Å²) in [7, 11) is 3.20. The molecule has 0 saturated carbocycles. The zero-order valence-electron chi connectivity index (χ0n) is 9.91. The molecule has 9 heteroatoms. The molecule has 2 aromatic rings. The number of aromatic nitrogens is 5. The average molecular weight is 290 g/mol. The minimum atomic E-state index is -3.90. The Kier molecular flexibility index (Phi) is 3.40. The van der Waals surface area contributed by atoms with Crippen LogP contribution in [0.25, 0.3) is 11.4 Å². The van der Waals surface area contributed by atoms with Crippen LogP contribution in [-0.2, 0) is 22.6 Å². The standard InChI is InChI=1S/C9H12ClN5O2S/c1-3-4-15-8(7-5-11-14(2)6-7)12-13-9(15)18(10,16)17/h5-6H,3-4H2,1-2H3. The molecular formula is C9H12ClN5O2S. The second kappa shape index (κ2) is 4.69. The van der Waals surface area contributed by atoms with E-state index in [4.69, 9.17) is 10.7 Å². The van der Waals surface area contributed by atoms with Gasteiger partial charge < -0.3 is 0 Å². The maximum Gasteiger partial charge on any atom is 0.296 e. The number of hydrogen-bond acceptors (Lipinski definition) is 5. The number of halogens is 1. The van der Waals surface area contributed by atoms with Crippen LogP contribution < -0.4 is 0 Å². The highest BCUT2D eigenvalue weighted by atomic mass is 35.7. The van der Waals surface area contributed by atoms with Crippen LogP contribution in [0.1, 0.15) is 13.3 Å². The molecule has 98 valence electrons. The Balaban J connectivity index is 2.59. The lowest BCUT2D eigenvalue weighted by atomic mass is 10.3. The van der Waals surface area contributed by atoms with E-state index >= 15 is 0 Å². The van der Waals surface area contributed by atoms with Gasteiger partial charge in [-0.25, -0.2) is 8.42 Å². The first-order valence-corrected chi connectivity index (χ1v) is 7.61. The van der Waals surface area contributed by atoms with Crippen LogP contribution >= 0.6 is 10.7 Å². The first kappa shape index (κ1) is 13.0. The molecule has 0 saturated heterocycles. The molecule has 0 N–H and O–H groups in total. The van der Waals surface area contributed by atoms with E-state index in [2.05, 4.69) is 15.3 Å². The summed E-state index contributed by atoms with van der Waals surface area (Å²) in [5.74, 6) is 0.448. The Morgan fingerprint density at radius 1 is 1.39 bits per heavy atom. The van der Waals surface area contributed by atoms with Crippen LogP contribution in [0.15, 0.2) is 17.6 Å². The summed E-state index contributed by atoms with van der Waals surface area (Å²) in [6, 6.07) is 0. The third kappa shape index (κ3) is 2.39. The van der Waals surface area contributed by atoms with Crippen LogP contribution in [0.3, 0.4) is 0 Å². The third-order valence-corrected chi connectivity index (χ3v) is 3.50. The molecule has 0 amide bonds. The molecule has 2 heterocycles. The highest BCUT2D eigenvalue weighted by Crippen LogP contribution is 2.22. The predicted molar refractivity (Wildman–Crippen MR) is 65.6 cm³/mol. The fourth-order valence-electron chi connectivity index (χ4n) is 1.64. The Labute approximate surface area is 109 Å². The fourth-order valence-corrected chi connectivity index (χ4v) is 2.57. The monoisotopic (exact) mass is 289 g/mol. The average Bonchev–Trinajstić information content (AvgIpc) is 2.83. The van der Waals surface area contributed by atoms with Gasteiger partial charge in [0.25, 0.3) is 14.2 Å². The van der Waals surface area contributed by atoms with Crippen LogP contribution in [0, 0.1) is 0 Å². The molecule has 2 aromatic heterocycles. The van der Waals surface area contributed by atoms with Gasteiger partial charge in [-0.05, 0) is 6.42 Å². The lowest BCUT2D eigenvalue weighted by Gasteiger charge is -2.05. The lowest BCUT2D eigenvalue weighted by molar-refractivity contribution is 0.570. The molecule has 0 fully saturated rings. The third-order valence-electron chi connectivity index (χ3n) is 2.35.